The lowest BCUT2D eigenvalue weighted by Crippen LogP contribution is -2.27. The Morgan fingerprint density at radius 2 is 1.96 bits per heavy atom. The molecule has 0 radical (unpaired) electrons. The topological polar surface area (TPSA) is 61.5 Å². The van der Waals surface area contributed by atoms with Gasteiger partial charge in [-0.15, -0.1) is 0 Å². The minimum Gasteiger partial charge on any atom is -0.482 e. The number of nitrogens with two attached hydrogens (primary N) is 1. The predicted octanol–water partition coefficient (Wildman–Crippen LogP) is 2.62. The molecule has 4 nitrogen and oxygen atoms in total. The summed E-state index contributed by atoms with van der Waals surface area (Å²) in [5.74, 6) is 0.337. The first-order valence-electron chi connectivity index (χ1n) is 7.90. The molecule has 2 N–H and O–H groups in total. The van der Waals surface area contributed by atoms with Crippen LogP contribution < -0.4 is 10.5 Å². The van der Waals surface area contributed by atoms with Gasteiger partial charge in [-0.2, -0.15) is 0 Å². The Kier molecular flexibility index (Phi) is 4.93. The van der Waals surface area contributed by atoms with Crippen molar-refractivity contribution in [3.8, 4) is 5.75 Å². The standard InChI is InChI=1S/C19H21NO3/c20-17-8-6-16-11-18(9-7-15(16)10-17)22-13-19(21)23-12-14-4-2-1-3-5-14/h1-5,7,9,11,17H,6,8,10,12-13,20H2. The number of carbonyl (C=O) groups is 1. The van der Waals surface area contributed by atoms with Crippen molar-refractivity contribution in [3.05, 3.63) is 65.2 Å². The van der Waals surface area contributed by atoms with E-state index in [9.17, 15) is 4.79 Å². The van der Waals surface area contributed by atoms with Crippen LogP contribution in [0.25, 0.3) is 0 Å². The van der Waals surface area contributed by atoms with E-state index in [0.717, 1.165) is 24.8 Å². The molecule has 1 unspecified atom stereocenters. The van der Waals surface area contributed by atoms with Crippen molar-refractivity contribution in [3.63, 3.8) is 0 Å². The average Bonchev–Trinajstić information content (AvgIpc) is 2.59. The minimum atomic E-state index is -0.367. The molecular formula is C19H21NO3. The molecule has 23 heavy (non-hydrogen) atoms. The monoisotopic (exact) mass is 311 g/mol. The summed E-state index contributed by atoms with van der Waals surface area (Å²) in [5.41, 5.74) is 9.48. The maximum Gasteiger partial charge on any atom is 0.344 e. The van der Waals surface area contributed by atoms with Crippen molar-refractivity contribution in [1.29, 1.82) is 0 Å². The van der Waals surface area contributed by atoms with Crippen molar-refractivity contribution < 1.29 is 14.3 Å². The molecule has 2 aromatic carbocycles. The molecule has 1 atom stereocenters. The van der Waals surface area contributed by atoms with E-state index >= 15 is 0 Å². The van der Waals surface area contributed by atoms with Gasteiger partial charge in [0.2, 0.25) is 0 Å². The SMILES string of the molecule is NC1CCc2cc(OCC(=O)OCc3ccccc3)ccc2C1. The van der Waals surface area contributed by atoms with Gasteiger partial charge in [0.05, 0.1) is 0 Å². The van der Waals surface area contributed by atoms with Gasteiger partial charge < -0.3 is 15.2 Å². The van der Waals surface area contributed by atoms with Gasteiger partial charge in [-0.05, 0) is 48.1 Å². The number of esters is 1. The van der Waals surface area contributed by atoms with Crippen molar-refractivity contribution in [1.82, 2.24) is 0 Å². The second kappa shape index (κ2) is 7.29. The Labute approximate surface area is 136 Å². The predicted molar refractivity (Wildman–Crippen MR) is 88.2 cm³/mol. The molecule has 0 amide bonds. The number of hydrogen-bond acceptors (Lipinski definition) is 4. The summed E-state index contributed by atoms with van der Waals surface area (Å²) < 4.78 is 10.7. The van der Waals surface area contributed by atoms with Crippen LogP contribution in [0.4, 0.5) is 0 Å². The Bertz CT molecular complexity index is 670. The van der Waals surface area contributed by atoms with Gasteiger partial charge in [0.25, 0.3) is 0 Å². The van der Waals surface area contributed by atoms with Gasteiger partial charge in [0, 0.05) is 6.04 Å². The van der Waals surface area contributed by atoms with Crippen LogP contribution in [0, 0.1) is 0 Å². The zero-order valence-electron chi connectivity index (χ0n) is 13.0. The van der Waals surface area contributed by atoms with Gasteiger partial charge in [0.1, 0.15) is 12.4 Å². The number of fused-ring (bicyclic) bond motifs is 1. The number of benzene rings is 2. The fourth-order valence-electron chi connectivity index (χ4n) is 2.77. The van der Waals surface area contributed by atoms with Crippen LogP contribution in [-0.4, -0.2) is 18.6 Å². The number of aryl methyl sites for hydroxylation is 1. The van der Waals surface area contributed by atoms with E-state index < -0.39 is 0 Å². The molecule has 0 bridgehead atoms. The van der Waals surface area contributed by atoms with Crippen LogP contribution >= 0.6 is 0 Å². The van der Waals surface area contributed by atoms with Crippen LogP contribution in [-0.2, 0) is 29.0 Å². The molecule has 0 aromatic heterocycles. The summed E-state index contributed by atoms with van der Waals surface area (Å²) in [4.78, 5) is 11.8. The van der Waals surface area contributed by atoms with Crippen LogP contribution in [0.5, 0.6) is 5.75 Å². The van der Waals surface area contributed by atoms with Crippen molar-refractivity contribution in [2.75, 3.05) is 6.61 Å². The van der Waals surface area contributed by atoms with Gasteiger partial charge >= 0.3 is 5.97 Å². The molecule has 0 fully saturated rings. The molecule has 1 aliphatic carbocycles. The van der Waals surface area contributed by atoms with Crippen LogP contribution in [0.15, 0.2) is 48.5 Å². The normalized spacial score (nSPS) is 16.5. The van der Waals surface area contributed by atoms with E-state index in [0.29, 0.717) is 5.75 Å². The van der Waals surface area contributed by atoms with E-state index in [-0.39, 0.29) is 25.2 Å². The van der Waals surface area contributed by atoms with Crippen LogP contribution in [0.1, 0.15) is 23.1 Å². The van der Waals surface area contributed by atoms with E-state index in [1.807, 2.05) is 48.5 Å². The Morgan fingerprint density at radius 1 is 1.13 bits per heavy atom. The third kappa shape index (κ3) is 4.33. The molecule has 120 valence electrons. The van der Waals surface area contributed by atoms with Crippen LogP contribution in [0.2, 0.25) is 0 Å². The fourth-order valence-corrected chi connectivity index (χ4v) is 2.77. The number of hydrogen-bond donors (Lipinski definition) is 1. The van der Waals surface area contributed by atoms with Gasteiger partial charge in [-0.25, -0.2) is 4.79 Å². The Morgan fingerprint density at radius 3 is 2.78 bits per heavy atom. The third-order valence-electron chi connectivity index (χ3n) is 4.04. The number of rotatable bonds is 5. The summed E-state index contributed by atoms with van der Waals surface area (Å²) in [7, 11) is 0. The summed E-state index contributed by atoms with van der Waals surface area (Å²) in [5, 5.41) is 0. The third-order valence-corrected chi connectivity index (χ3v) is 4.04. The maximum absolute atomic E-state index is 11.8. The summed E-state index contributed by atoms with van der Waals surface area (Å²) >= 11 is 0. The van der Waals surface area contributed by atoms with Crippen molar-refractivity contribution >= 4 is 5.97 Å². The number of ether oxygens (including phenoxy) is 2. The molecular weight excluding hydrogens is 290 g/mol. The first kappa shape index (κ1) is 15.6. The van der Waals surface area contributed by atoms with Crippen LogP contribution in [0.3, 0.4) is 0 Å². The highest BCUT2D eigenvalue weighted by Crippen LogP contribution is 2.25. The Hall–Kier alpha value is -2.33. The average molecular weight is 311 g/mol. The molecule has 0 aliphatic heterocycles. The minimum absolute atomic E-state index is 0.0782. The van der Waals surface area contributed by atoms with Gasteiger partial charge in [0.15, 0.2) is 6.61 Å². The molecule has 0 heterocycles. The summed E-state index contributed by atoms with van der Waals surface area (Å²) in [6.45, 7) is 0.191. The molecule has 0 spiro atoms. The quantitative estimate of drug-likeness (QED) is 0.862. The lowest BCUT2D eigenvalue weighted by Gasteiger charge is -2.21. The first-order chi connectivity index (χ1) is 11.2. The summed E-state index contributed by atoms with van der Waals surface area (Å²) in [6.07, 6.45) is 2.87. The number of carbonyl (C=O) groups excluding carboxylic acids is 1. The molecule has 1 aliphatic rings. The highest BCUT2D eigenvalue weighted by molar-refractivity contribution is 5.71. The van der Waals surface area contributed by atoms with Gasteiger partial charge in [-0.3, -0.25) is 0 Å². The van der Waals surface area contributed by atoms with Crippen molar-refractivity contribution in [2.24, 2.45) is 5.73 Å². The van der Waals surface area contributed by atoms with E-state index in [1.54, 1.807) is 0 Å². The smallest absolute Gasteiger partial charge is 0.344 e. The maximum atomic E-state index is 11.8. The van der Waals surface area contributed by atoms with Gasteiger partial charge in [-0.1, -0.05) is 36.4 Å². The zero-order chi connectivity index (χ0) is 16.1. The van der Waals surface area contributed by atoms with E-state index in [4.69, 9.17) is 15.2 Å². The highest BCUT2D eigenvalue weighted by atomic mass is 16.6. The van der Waals surface area contributed by atoms with E-state index in [1.165, 1.54) is 11.1 Å². The summed E-state index contributed by atoms with van der Waals surface area (Å²) in [6, 6.07) is 15.8. The Balaban J connectivity index is 1.49. The second-order valence-electron chi connectivity index (χ2n) is 5.87. The lowest BCUT2D eigenvalue weighted by atomic mass is 9.89. The van der Waals surface area contributed by atoms with Crippen molar-refractivity contribution in [2.45, 2.75) is 31.9 Å². The van der Waals surface area contributed by atoms with E-state index in [2.05, 4.69) is 0 Å². The molecule has 4 heteroatoms. The largest absolute Gasteiger partial charge is 0.482 e. The second-order valence-corrected chi connectivity index (χ2v) is 5.87. The highest BCUT2D eigenvalue weighted by Gasteiger charge is 2.16. The molecule has 2 aromatic rings. The fraction of sp³-hybridized carbons (Fsp3) is 0.316. The zero-order valence-corrected chi connectivity index (χ0v) is 13.0. The molecule has 0 saturated heterocycles. The lowest BCUT2D eigenvalue weighted by molar-refractivity contribution is -0.147. The molecule has 0 saturated carbocycles. The molecule has 3 rings (SSSR count). The first-order valence-corrected chi connectivity index (χ1v) is 7.90.